The molecule has 0 radical (unpaired) electrons. The third-order valence-corrected chi connectivity index (χ3v) is 3.66. The van der Waals surface area contributed by atoms with Crippen LogP contribution in [-0.4, -0.2) is 58.0 Å². The first-order valence-corrected chi connectivity index (χ1v) is 7.50. The number of H-pyrrole nitrogens is 1. The number of aromatic nitrogens is 4. The number of aromatic amines is 1. The monoisotopic (exact) mass is 327 g/mol. The Kier molecular flexibility index (Phi) is 4.97. The zero-order valence-electron chi connectivity index (χ0n) is 12.9. The molecule has 2 aromatic heterocycles. The van der Waals surface area contributed by atoms with Gasteiger partial charge in [-0.3, -0.25) is 14.9 Å². The van der Waals surface area contributed by atoms with Crippen LogP contribution in [0.15, 0.2) is 36.5 Å². The van der Waals surface area contributed by atoms with E-state index in [-0.39, 0.29) is 6.47 Å². The number of nitrogens with zero attached hydrogens (tertiary/aromatic N) is 4. The first kappa shape index (κ1) is 15.9. The van der Waals surface area contributed by atoms with Crippen LogP contribution in [0.25, 0.3) is 22.3 Å². The summed E-state index contributed by atoms with van der Waals surface area (Å²) >= 11 is 0. The number of ether oxygens (including phenoxy) is 1. The summed E-state index contributed by atoms with van der Waals surface area (Å²) in [5.41, 5.74) is 1.91. The number of carbonyl (C=O) groups is 1. The Labute approximate surface area is 138 Å². The number of nitrogens with one attached hydrogen (secondary N) is 1. The number of anilines is 1. The molecule has 0 unspecified atom stereocenters. The minimum absolute atomic E-state index is 0.250. The van der Waals surface area contributed by atoms with Gasteiger partial charge in [-0.2, -0.15) is 4.98 Å². The van der Waals surface area contributed by atoms with Crippen LogP contribution >= 0.6 is 0 Å². The van der Waals surface area contributed by atoms with E-state index in [4.69, 9.17) is 14.6 Å². The number of hydrogen-bond acceptors (Lipinski definition) is 6. The van der Waals surface area contributed by atoms with E-state index in [0.29, 0.717) is 0 Å². The molecule has 0 aliphatic carbocycles. The Bertz CT molecular complexity index is 809. The second kappa shape index (κ2) is 7.51. The number of rotatable bonds is 2. The summed E-state index contributed by atoms with van der Waals surface area (Å²) < 4.78 is 5.35. The molecule has 4 rings (SSSR count). The van der Waals surface area contributed by atoms with Gasteiger partial charge in [-0.15, -0.1) is 5.10 Å². The van der Waals surface area contributed by atoms with Gasteiger partial charge >= 0.3 is 0 Å². The molecule has 8 nitrogen and oxygen atoms in total. The number of carboxylic acid groups (broad SMARTS) is 1. The van der Waals surface area contributed by atoms with Gasteiger partial charge < -0.3 is 14.7 Å². The van der Waals surface area contributed by atoms with Crippen molar-refractivity contribution in [3.8, 4) is 11.4 Å². The number of hydrogen-bond donors (Lipinski definition) is 2. The maximum Gasteiger partial charge on any atom is 0.290 e. The van der Waals surface area contributed by atoms with Gasteiger partial charge in [0.05, 0.1) is 18.7 Å². The predicted octanol–water partition coefficient (Wildman–Crippen LogP) is 1.56. The molecular weight excluding hydrogens is 310 g/mol. The van der Waals surface area contributed by atoms with Crippen molar-refractivity contribution >= 4 is 23.3 Å². The summed E-state index contributed by atoms with van der Waals surface area (Å²) in [6.07, 6.45) is 1.80. The van der Waals surface area contributed by atoms with Crippen LogP contribution in [0.1, 0.15) is 0 Å². The van der Waals surface area contributed by atoms with Crippen molar-refractivity contribution in [1.82, 2.24) is 20.2 Å². The average Bonchev–Trinajstić information content (AvgIpc) is 3.13. The Morgan fingerprint density at radius 1 is 1.21 bits per heavy atom. The van der Waals surface area contributed by atoms with Crippen LogP contribution < -0.4 is 4.90 Å². The fourth-order valence-electron chi connectivity index (χ4n) is 2.57. The second-order valence-electron chi connectivity index (χ2n) is 5.07. The summed E-state index contributed by atoms with van der Waals surface area (Å²) in [7, 11) is 0. The molecule has 0 bridgehead atoms. The molecule has 0 amide bonds. The molecule has 0 saturated carbocycles. The Balaban J connectivity index is 0.000000526. The van der Waals surface area contributed by atoms with Gasteiger partial charge in [-0.25, -0.2) is 0 Å². The third kappa shape index (κ3) is 3.33. The Morgan fingerprint density at radius 3 is 2.75 bits per heavy atom. The number of para-hydroxylation sites is 1. The van der Waals surface area contributed by atoms with Crippen molar-refractivity contribution in [2.24, 2.45) is 0 Å². The van der Waals surface area contributed by atoms with E-state index in [2.05, 4.69) is 25.1 Å². The van der Waals surface area contributed by atoms with Crippen molar-refractivity contribution in [3.63, 3.8) is 0 Å². The van der Waals surface area contributed by atoms with E-state index in [9.17, 15) is 0 Å². The van der Waals surface area contributed by atoms with Gasteiger partial charge in [-0.05, 0) is 12.1 Å². The number of morpholine rings is 1. The molecule has 2 N–H and O–H groups in total. The lowest BCUT2D eigenvalue weighted by Gasteiger charge is -2.25. The lowest BCUT2D eigenvalue weighted by molar-refractivity contribution is -0.122. The fraction of sp³-hybridized carbons (Fsp3) is 0.250. The summed E-state index contributed by atoms with van der Waals surface area (Å²) in [4.78, 5) is 19.6. The molecule has 24 heavy (non-hydrogen) atoms. The molecular formula is C16H17N5O3. The van der Waals surface area contributed by atoms with E-state index in [1.807, 2.05) is 30.3 Å². The van der Waals surface area contributed by atoms with Crippen molar-refractivity contribution in [1.29, 1.82) is 0 Å². The van der Waals surface area contributed by atoms with Gasteiger partial charge in [0, 0.05) is 30.2 Å². The first-order chi connectivity index (χ1) is 11.8. The lowest BCUT2D eigenvalue weighted by Crippen LogP contribution is -2.36. The van der Waals surface area contributed by atoms with Gasteiger partial charge in [-0.1, -0.05) is 18.2 Å². The molecule has 3 aromatic rings. The molecule has 8 heteroatoms. The molecule has 1 aliphatic heterocycles. The van der Waals surface area contributed by atoms with Crippen molar-refractivity contribution in [3.05, 3.63) is 36.5 Å². The van der Waals surface area contributed by atoms with Crippen LogP contribution in [0.2, 0.25) is 0 Å². The van der Waals surface area contributed by atoms with Gasteiger partial charge in [0.25, 0.3) is 6.47 Å². The molecule has 3 heterocycles. The van der Waals surface area contributed by atoms with Gasteiger partial charge in [0.2, 0.25) is 5.95 Å². The minimum atomic E-state index is -0.250. The molecule has 0 atom stereocenters. The smallest absolute Gasteiger partial charge is 0.290 e. The topological polar surface area (TPSA) is 104 Å². The van der Waals surface area contributed by atoms with Crippen LogP contribution in [0.3, 0.4) is 0 Å². The highest BCUT2D eigenvalue weighted by molar-refractivity contribution is 5.91. The predicted molar refractivity (Wildman–Crippen MR) is 88.8 cm³/mol. The highest BCUT2D eigenvalue weighted by Crippen LogP contribution is 2.25. The normalized spacial score (nSPS) is 14.1. The molecule has 124 valence electrons. The second-order valence-corrected chi connectivity index (χ2v) is 5.07. The minimum Gasteiger partial charge on any atom is -0.483 e. The maximum absolute atomic E-state index is 8.36. The third-order valence-electron chi connectivity index (χ3n) is 3.66. The van der Waals surface area contributed by atoms with E-state index >= 15 is 0 Å². The fourth-order valence-corrected chi connectivity index (χ4v) is 2.57. The summed E-state index contributed by atoms with van der Waals surface area (Å²) in [6, 6.07) is 10.1. The molecule has 1 aromatic carbocycles. The Hall–Kier alpha value is -3.00. The van der Waals surface area contributed by atoms with E-state index in [1.165, 1.54) is 0 Å². The zero-order chi connectivity index (χ0) is 16.8. The summed E-state index contributed by atoms with van der Waals surface area (Å²) in [5, 5.41) is 15.3. The summed E-state index contributed by atoms with van der Waals surface area (Å²) in [5.74, 6) is 1.47. The molecule has 0 spiro atoms. The van der Waals surface area contributed by atoms with E-state index in [0.717, 1.165) is 54.5 Å². The highest BCUT2D eigenvalue weighted by Gasteiger charge is 2.17. The SMILES string of the molecule is O=CO.c1cnc2c(-c3nc(N4CCOCC4)n[nH]3)cccc2c1. The quantitative estimate of drug-likeness (QED) is 0.688. The van der Waals surface area contributed by atoms with Gasteiger partial charge in [0.15, 0.2) is 5.82 Å². The van der Waals surface area contributed by atoms with Crippen LogP contribution in [0.4, 0.5) is 5.95 Å². The van der Waals surface area contributed by atoms with E-state index < -0.39 is 0 Å². The van der Waals surface area contributed by atoms with Crippen molar-refractivity contribution in [2.75, 3.05) is 31.2 Å². The van der Waals surface area contributed by atoms with Gasteiger partial charge in [0.1, 0.15) is 0 Å². The Morgan fingerprint density at radius 2 is 1.96 bits per heavy atom. The largest absolute Gasteiger partial charge is 0.483 e. The van der Waals surface area contributed by atoms with Crippen LogP contribution in [0.5, 0.6) is 0 Å². The standard InChI is InChI=1S/C15H15N5O.CH2O2/c1-3-11-4-2-6-16-13(11)12(5-1)14-17-15(19-18-14)20-7-9-21-10-8-20;2-1-3/h1-6H,7-10H2,(H,17,18,19);1H,(H,2,3). The average molecular weight is 327 g/mol. The molecule has 1 fully saturated rings. The highest BCUT2D eigenvalue weighted by atomic mass is 16.5. The number of pyridine rings is 1. The van der Waals surface area contributed by atoms with E-state index in [1.54, 1.807) is 6.20 Å². The van der Waals surface area contributed by atoms with Crippen LogP contribution in [-0.2, 0) is 9.53 Å². The lowest BCUT2D eigenvalue weighted by atomic mass is 10.1. The van der Waals surface area contributed by atoms with Crippen LogP contribution in [0, 0.1) is 0 Å². The van der Waals surface area contributed by atoms with Crippen molar-refractivity contribution < 1.29 is 14.6 Å². The maximum atomic E-state index is 8.36. The molecule has 1 saturated heterocycles. The number of fused-ring (bicyclic) bond motifs is 1. The number of benzene rings is 1. The summed E-state index contributed by atoms with van der Waals surface area (Å²) in [6.45, 7) is 2.84. The zero-order valence-corrected chi connectivity index (χ0v) is 12.9. The first-order valence-electron chi connectivity index (χ1n) is 7.50. The molecule has 1 aliphatic rings. The van der Waals surface area contributed by atoms with Crippen molar-refractivity contribution in [2.45, 2.75) is 0 Å².